The van der Waals surface area contributed by atoms with Gasteiger partial charge in [0.15, 0.2) is 5.43 Å². The Morgan fingerprint density at radius 1 is 0.947 bits per heavy atom. The fourth-order valence-electron chi connectivity index (χ4n) is 2.08. The molecule has 0 amide bonds. The first kappa shape index (κ1) is 11.5. The summed E-state index contributed by atoms with van der Waals surface area (Å²) in [6.45, 7) is 4.00. The number of benzene rings is 2. The molecule has 19 heavy (non-hydrogen) atoms. The van der Waals surface area contributed by atoms with Gasteiger partial charge in [0.25, 0.3) is 0 Å². The van der Waals surface area contributed by atoms with E-state index in [9.17, 15) is 4.79 Å². The second kappa shape index (κ2) is 4.58. The van der Waals surface area contributed by atoms with Crippen molar-refractivity contribution in [1.29, 1.82) is 0 Å². The van der Waals surface area contributed by atoms with E-state index in [4.69, 9.17) is 4.42 Å². The van der Waals surface area contributed by atoms with E-state index in [1.165, 1.54) is 6.26 Å². The van der Waals surface area contributed by atoms with Crippen molar-refractivity contribution >= 4 is 16.5 Å². The first-order valence-corrected chi connectivity index (χ1v) is 6.02. The molecule has 3 aromatic rings. The zero-order valence-corrected chi connectivity index (χ0v) is 10.3. The first-order chi connectivity index (χ1) is 9.27. The zero-order chi connectivity index (χ0) is 13.2. The molecule has 0 aliphatic rings. The number of hydrogen-bond acceptors (Lipinski definition) is 2. The molecule has 0 saturated carbocycles. The Morgan fingerprint density at radius 2 is 1.63 bits per heavy atom. The average molecular weight is 248 g/mol. The minimum atomic E-state index is -0.0456. The summed E-state index contributed by atoms with van der Waals surface area (Å²) in [6.07, 6.45) is 1.49. The Hall–Kier alpha value is -2.61. The number of hydrogen-bond donors (Lipinski definition) is 0. The van der Waals surface area contributed by atoms with Gasteiger partial charge in [-0.3, -0.25) is 4.79 Å². The Morgan fingerprint density at radius 3 is 2.42 bits per heavy atom. The van der Waals surface area contributed by atoms with E-state index in [1.54, 1.807) is 12.1 Å². The van der Waals surface area contributed by atoms with E-state index in [0.717, 1.165) is 5.56 Å². The van der Waals surface area contributed by atoms with Gasteiger partial charge in [0.1, 0.15) is 11.8 Å². The van der Waals surface area contributed by atoms with E-state index < -0.39 is 0 Å². The summed E-state index contributed by atoms with van der Waals surface area (Å²) in [6, 6.07) is 16.8. The second-order valence-corrected chi connectivity index (χ2v) is 4.32. The van der Waals surface area contributed by atoms with Crippen molar-refractivity contribution in [2.24, 2.45) is 0 Å². The molecule has 0 radical (unpaired) electrons. The first-order valence-electron chi connectivity index (χ1n) is 6.02. The average Bonchev–Trinajstić information content (AvgIpc) is 2.48. The predicted molar refractivity (Wildman–Crippen MR) is 77.1 cm³/mol. The lowest BCUT2D eigenvalue weighted by molar-refractivity contribution is 0.600. The molecule has 3 rings (SSSR count). The van der Waals surface area contributed by atoms with E-state index >= 15 is 0 Å². The quantitative estimate of drug-likeness (QED) is 0.689. The molecular formula is C17H12O2. The van der Waals surface area contributed by atoms with Crippen LogP contribution < -0.4 is 5.43 Å². The third-order valence-electron chi connectivity index (χ3n) is 3.13. The minimum Gasteiger partial charge on any atom is -0.463 e. The van der Waals surface area contributed by atoms with Crippen molar-refractivity contribution in [2.45, 2.75) is 0 Å². The van der Waals surface area contributed by atoms with Gasteiger partial charge in [-0.15, -0.1) is 0 Å². The molecule has 2 heteroatoms. The van der Waals surface area contributed by atoms with Crippen LogP contribution in [0.15, 0.2) is 76.7 Å². The third-order valence-corrected chi connectivity index (χ3v) is 3.13. The van der Waals surface area contributed by atoms with Crippen molar-refractivity contribution in [1.82, 2.24) is 0 Å². The largest absolute Gasteiger partial charge is 0.463 e. The lowest BCUT2D eigenvalue weighted by Crippen LogP contribution is -2.08. The Labute approximate surface area is 110 Å². The molecule has 0 unspecified atom stereocenters. The smallest absolute Gasteiger partial charge is 0.200 e. The molecule has 2 nitrogen and oxygen atoms in total. The van der Waals surface area contributed by atoms with Crippen LogP contribution in [0.2, 0.25) is 0 Å². The highest BCUT2D eigenvalue weighted by Gasteiger charge is 2.10. The normalized spacial score (nSPS) is 10.5. The van der Waals surface area contributed by atoms with Crippen LogP contribution in [0.25, 0.3) is 16.5 Å². The summed E-state index contributed by atoms with van der Waals surface area (Å²) in [5.41, 5.74) is 2.66. The summed E-state index contributed by atoms with van der Waals surface area (Å²) < 4.78 is 5.51. The summed E-state index contributed by atoms with van der Waals surface area (Å²) in [7, 11) is 0. The molecule has 0 N–H and O–H groups in total. The molecular weight excluding hydrogens is 236 g/mol. The van der Waals surface area contributed by atoms with Crippen molar-refractivity contribution in [3.63, 3.8) is 0 Å². The lowest BCUT2D eigenvalue weighted by Gasteiger charge is -2.06. The summed E-state index contributed by atoms with van der Waals surface area (Å²) in [5, 5.41) is 0.581. The van der Waals surface area contributed by atoms with Crippen LogP contribution in [0.1, 0.15) is 11.1 Å². The van der Waals surface area contributed by atoms with Crippen LogP contribution in [-0.2, 0) is 0 Å². The highest BCUT2D eigenvalue weighted by molar-refractivity contribution is 5.84. The van der Waals surface area contributed by atoms with E-state index in [0.29, 0.717) is 22.1 Å². The lowest BCUT2D eigenvalue weighted by atomic mass is 10.00. The standard InChI is InChI=1S/C17H12O2/c1-12(13-7-3-2-4-8-13)15-11-19-16-10-6-5-9-14(16)17(15)18/h2-11H,1H2. The highest BCUT2D eigenvalue weighted by Crippen LogP contribution is 2.20. The van der Waals surface area contributed by atoms with Crippen molar-refractivity contribution in [2.75, 3.05) is 0 Å². The Kier molecular flexibility index (Phi) is 2.76. The van der Waals surface area contributed by atoms with Crippen LogP contribution in [-0.4, -0.2) is 0 Å². The van der Waals surface area contributed by atoms with E-state index in [2.05, 4.69) is 6.58 Å². The van der Waals surface area contributed by atoms with Crippen LogP contribution in [0.3, 0.4) is 0 Å². The number of fused-ring (bicyclic) bond motifs is 1. The van der Waals surface area contributed by atoms with Crippen LogP contribution >= 0.6 is 0 Å². The molecule has 0 fully saturated rings. The van der Waals surface area contributed by atoms with Gasteiger partial charge in [-0.1, -0.05) is 49.0 Å². The summed E-state index contributed by atoms with van der Waals surface area (Å²) in [4.78, 5) is 12.4. The highest BCUT2D eigenvalue weighted by atomic mass is 16.3. The maximum atomic E-state index is 12.4. The molecule has 0 spiro atoms. The van der Waals surface area contributed by atoms with Gasteiger partial charge in [-0.2, -0.15) is 0 Å². The van der Waals surface area contributed by atoms with Gasteiger partial charge in [-0.05, 0) is 23.3 Å². The molecule has 1 aromatic heterocycles. The maximum Gasteiger partial charge on any atom is 0.200 e. The molecule has 2 aromatic carbocycles. The van der Waals surface area contributed by atoms with Gasteiger partial charge < -0.3 is 4.42 Å². The van der Waals surface area contributed by atoms with Gasteiger partial charge >= 0.3 is 0 Å². The fraction of sp³-hybridized carbons (Fsp3) is 0. The molecule has 92 valence electrons. The monoisotopic (exact) mass is 248 g/mol. The Balaban J connectivity index is 2.19. The third kappa shape index (κ3) is 1.97. The predicted octanol–water partition coefficient (Wildman–Crippen LogP) is 3.85. The van der Waals surface area contributed by atoms with Gasteiger partial charge in [0.2, 0.25) is 0 Å². The van der Waals surface area contributed by atoms with Gasteiger partial charge in [-0.25, -0.2) is 0 Å². The molecule has 0 aliphatic carbocycles. The van der Waals surface area contributed by atoms with E-state index in [-0.39, 0.29) is 5.43 Å². The Bertz CT molecular complexity index is 798. The number of rotatable bonds is 2. The van der Waals surface area contributed by atoms with Crippen LogP contribution in [0.4, 0.5) is 0 Å². The molecule has 0 bridgehead atoms. The molecule has 1 heterocycles. The zero-order valence-electron chi connectivity index (χ0n) is 10.3. The summed E-state index contributed by atoms with van der Waals surface area (Å²) in [5.74, 6) is 0. The summed E-state index contributed by atoms with van der Waals surface area (Å²) >= 11 is 0. The second-order valence-electron chi connectivity index (χ2n) is 4.32. The van der Waals surface area contributed by atoms with Gasteiger partial charge in [0.05, 0.1) is 10.9 Å². The molecule has 0 saturated heterocycles. The maximum absolute atomic E-state index is 12.4. The minimum absolute atomic E-state index is 0.0456. The van der Waals surface area contributed by atoms with Crippen LogP contribution in [0, 0.1) is 0 Å². The van der Waals surface area contributed by atoms with Crippen molar-refractivity contribution in [3.8, 4) is 0 Å². The molecule has 0 atom stereocenters. The number of para-hydroxylation sites is 1. The van der Waals surface area contributed by atoms with Crippen molar-refractivity contribution < 1.29 is 4.42 Å². The van der Waals surface area contributed by atoms with Crippen molar-refractivity contribution in [3.05, 3.63) is 88.8 Å². The topological polar surface area (TPSA) is 30.2 Å². The van der Waals surface area contributed by atoms with Gasteiger partial charge in [0, 0.05) is 0 Å². The van der Waals surface area contributed by atoms with Crippen LogP contribution in [0.5, 0.6) is 0 Å². The fourth-order valence-corrected chi connectivity index (χ4v) is 2.08. The SMILES string of the molecule is C=C(c1ccccc1)c1coc2ccccc2c1=O. The molecule has 0 aliphatic heterocycles. The van der Waals surface area contributed by atoms with E-state index in [1.807, 2.05) is 42.5 Å².